The van der Waals surface area contributed by atoms with Crippen molar-refractivity contribution < 1.29 is 4.79 Å². The minimum absolute atomic E-state index is 0.00611. The molecule has 0 unspecified atom stereocenters. The second-order valence-electron chi connectivity index (χ2n) is 4.49. The number of benzene rings is 1. The molecular weight excluding hydrogens is 214 g/mol. The van der Waals surface area contributed by atoms with E-state index in [1.165, 1.54) is 6.07 Å². The third-order valence-corrected chi connectivity index (χ3v) is 2.80. The Morgan fingerprint density at radius 2 is 2.00 bits per heavy atom. The lowest BCUT2D eigenvalue weighted by molar-refractivity contribution is -0.117. The number of carbonyl (C=O) groups is 1. The van der Waals surface area contributed by atoms with E-state index in [1.807, 2.05) is 30.5 Å². The van der Waals surface area contributed by atoms with E-state index in [0.29, 0.717) is 11.9 Å². The third-order valence-electron chi connectivity index (χ3n) is 2.80. The van der Waals surface area contributed by atoms with Crippen molar-refractivity contribution in [2.45, 2.75) is 27.3 Å². The van der Waals surface area contributed by atoms with Crippen molar-refractivity contribution in [2.24, 2.45) is 0 Å². The molecule has 0 saturated heterocycles. The van der Waals surface area contributed by atoms with Gasteiger partial charge in [-0.3, -0.25) is 9.59 Å². The van der Waals surface area contributed by atoms with Crippen molar-refractivity contribution >= 4 is 16.7 Å². The largest absolute Gasteiger partial charge is 0.340 e. The fourth-order valence-electron chi connectivity index (χ4n) is 2.22. The Labute approximate surface area is 99.7 Å². The molecule has 2 rings (SSSR count). The van der Waals surface area contributed by atoms with Crippen LogP contribution in [0.5, 0.6) is 0 Å². The summed E-state index contributed by atoms with van der Waals surface area (Å²) >= 11 is 0. The summed E-state index contributed by atoms with van der Waals surface area (Å²) in [6, 6.07) is 5.42. The number of aryl methyl sites for hydroxylation is 2. The normalized spacial score (nSPS) is 10.8. The fraction of sp³-hybridized carbons (Fsp3) is 0.286. The van der Waals surface area contributed by atoms with Crippen LogP contribution in [0.2, 0.25) is 0 Å². The first-order valence-corrected chi connectivity index (χ1v) is 5.59. The molecule has 0 aliphatic rings. The summed E-state index contributed by atoms with van der Waals surface area (Å²) in [4.78, 5) is 23.0. The van der Waals surface area contributed by atoms with Crippen molar-refractivity contribution in [3.63, 3.8) is 0 Å². The molecule has 17 heavy (non-hydrogen) atoms. The summed E-state index contributed by atoms with van der Waals surface area (Å²) in [6.45, 7) is 5.79. The number of rotatable bonds is 2. The summed E-state index contributed by atoms with van der Waals surface area (Å²) < 4.78 is 1.84. The van der Waals surface area contributed by atoms with E-state index < -0.39 is 0 Å². The highest BCUT2D eigenvalue weighted by Gasteiger charge is 2.07. The van der Waals surface area contributed by atoms with E-state index in [1.54, 1.807) is 13.1 Å². The number of hydrogen-bond donors (Lipinski definition) is 0. The summed E-state index contributed by atoms with van der Waals surface area (Å²) in [7, 11) is 0. The van der Waals surface area contributed by atoms with Gasteiger partial charge in [-0.1, -0.05) is 6.07 Å². The van der Waals surface area contributed by atoms with Crippen LogP contribution < -0.4 is 5.43 Å². The molecule has 88 valence electrons. The molecule has 3 heteroatoms. The molecule has 2 aromatic rings. The number of Topliss-reactive ketones (excluding diaryl/α,β-unsaturated/α-hetero) is 1. The van der Waals surface area contributed by atoms with Crippen LogP contribution in [0.15, 0.2) is 29.2 Å². The summed E-state index contributed by atoms with van der Waals surface area (Å²) in [5, 5.41) is 0.686. The van der Waals surface area contributed by atoms with Gasteiger partial charge in [0.2, 0.25) is 0 Å². The zero-order valence-electron chi connectivity index (χ0n) is 10.3. The van der Waals surface area contributed by atoms with Crippen LogP contribution in [-0.4, -0.2) is 10.4 Å². The van der Waals surface area contributed by atoms with E-state index in [-0.39, 0.29) is 11.2 Å². The molecule has 0 N–H and O–H groups in total. The number of fused-ring (bicyclic) bond motifs is 1. The number of carbonyl (C=O) groups excluding carboxylic acids is 1. The topological polar surface area (TPSA) is 39.1 Å². The smallest absolute Gasteiger partial charge is 0.189 e. The van der Waals surface area contributed by atoms with Crippen LogP contribution in [0.25, 0.3) is 10.9 Å². The van der Waals surface area contributed by atoms with Gasteiger partial charge in [0.25, 0.3) is 0 Å². The summed E-state index contributed by atoms with van der Waals surface area (Å²) in [5.41, 5.74) is 2.96. The van der Waals surface area contributed by atoms with Gasteiger partial charge < -0.3 is 4.57 Å². The Hall–Kier alpha value is -1.90. The van der Waals surface area contributed by atoms with Crippen LogP contribution in [0.4, 0.5) is 0 Å². The maximum atomic E-state index is 11.8. The first kappa shape index (κ1) is 11.6. The Balaban J connectivity index is 2.84. The molecule has 0 radical (unpaired) electrons. The minimum Gasteiger partial charge on any atom is -0.340 e. The number of aromatic nitrogens is 1. The number of hydrogen-bond acceptors (Lipinski definition) is 2. The first-order chi connectivity index (χ1) is 7.99. The van der Waals surface area contributed by atoms with Gasteiger partial charge in [0.15, 0.2) is 5.43 Å². The second-order valence-corrected chi connectivity index (χ2v) is 4.49. The Morgan fingerprint density at radius 3 is 2.65 bits per heavy atom. The van der Waals surface area contributed by atoms with Crippen LogP contribution in [0.3, 0.4) is 0 Å². The number of pyridine rings is 1. The molecule has 1 aromatic carbocycles. The highest BCUT2D eigenvalue weighted by Crippen LogP contribution is 2.17. The predicted molar refractivity (Wildman–Crippen MR) is 68.4 cm³/mol. The maximum absolute atomic E-state index is 11.8. The molecule has 3 nitrogen and oxygen atoms in total. The van der Waals surface area contributed by atoms with Gasteiger partial charge in [0.05, 0.1) is 12.1 Å². The summed E-state index contributed by atoms with van der Waals surface area (Å²) in [6.07, 6.45) is 1.69. The average molecular weight is 229 g/mol. The first-order valence-electron chi connectivity index (χ1n) is 5.59. The molecule has 0 aliphatic carbocycles. The van der Waals surface area contributed by atoms with Gasteiger partial charge in [-0.05, 0) is 38.0 Å². The molecule has 0 bridgehead atoms. The lowest BCUT2D eigenvalue weighted by Gasteiger charge is -2.12. The van der Waals surface area contributed by atoms with Crippen molar-refractivity contribution in [2.75, 3.05) is 0 Å². The predicted octanol–water partition coefficient (Wildman–Crippen LogP) is 2.21. The van der Waals surface area contributed by atoms with Crippen molar-refractivity contribution in [3.05, 3.63) is 45.7 Å². The summed E-state index contributed by atoms with van der Waals surface area (Å²) in [5.74, 6) is 0.0786. The highest BCUT2D eigenvalue weighted by atomic mass is 16.1. The zero-order valence-corrected chi connectivity index (χ0v) is 10.3. The molecule has 0 atom stereocenters. The lowest BCUT2D eigenvalue weighted by Crippen LogP contribution is -2.13. The quantitative estimate of drug-likeness (QED) is 0.792. The zero-order chi connectivity index (χ0) is 12.6. The van der Waals surface area contributed by atoms with E-state index in [0.717, 1.165) is 16.6 Å². The van der Waals surface area contributed by atoms with Crippen molar-refractivity contribution in [1.29, 1.82) is 0 Å². The Kier molecular flexibility index (Phi) is 2.84. The van der Waals surface area contributed by atoms with Gasteiger partial charge in [-0.2, -0.15) is 0 Å². The molecule has 0 spiro atoms. The van der Waals surface area contributed by atoms with Crippen LogP contribution in [-0.2, 0) is 11.3 Å². The number of ketones is 1. The minimum atomic E-state index is 0.00611. The molecule has 1 heterocycles. The van der Waals surface area contributed by atoms with Gasteiger partial charge >= 0.3 is 0 Å². The molecule has 0 saturated carbocycles. The van der Waals surface area contributed by atoms with E-state index >= 15 is 0 Å². The Morgan fingerprint density at radius 1 is 1.29 bits per heavy atom. The van der Waals surface area contributed by atoms with Gasteiger partial charge in [0, 0.05) is 17.6 Å². The van der Waals surface area contributed by atoms with Crippen LogP contribution >= 0.6 is 0 Å². The van der Waals surface area contributed by atoms with E-state index in [2.05, 4.69) is 0 Å². The SMILES string of the molecule is CC(=O)Cn1ccc(=O)c2cc(C)cc(C)c21. The monoisotopic (exact) mass is 229 g/mol. The van der Waals surface area contributed by atoms with Crippen LogP contribution in [0.1, 0.15) is 18.1 Å². The molecule has 1 aromatic heterocycles. The lowest BCUT2D eigenvalue weighted by atomic mass is 10.1. The second kappa shape index (κ2) is 4.17. The third kappa shape index (κ3) is 2.13. The van der Waals surface area contributed by atoms with Gasteiger partial charge in [-0.25, -0.2) is 0 Å². The van der Waals surface area contributed by atoms with E-state index in [9.17, 15) is 9.59 Å². The molecule has 0 aliphatic heterocycles. The average Bonchev–Trinajstić information content (AvgIpc) is 2.21. The molecule has 0 fully saturated rings. The molecule has 0 amide bonds. The van der Waals surface area contributed by atoms with Crippen molar-refractivity contribution in [1.82, 2.24) is 4.57 Å². The van der Waals surface area contributed by atoms with Crippen molar-refractivity contribution in [3.8, 4) is 0 Å². The van der Waals surface area contributed by atoms with Crippen LogP contribution in [0, 0.1) is 13.8 Å². The van der Waals surface area contributed by atoms with Gasteiger partial charge in [-0.15, -0.1) is 0 Å². The standard InChI is InChI=1S/C14H15NO2/c1-9-6-10(2)14-12(7-9)13(17)4-5-15(14)8-11(3)16/h4-7H,8H2,1-3H3. The fourth-order valence-corrected chi connectivity index (χ4v) is 2.22. The number of nitrogens with zero attached hydrogens (tertiary/aromatic N) is 1. The Bertz CT molecular complexity index is 653. The van der Waals surface area contributed by atoms with Gasteiger partial charge in [0.1, 0.15) is 5.78 Å². The molecular formula is C14H15NO2. The maximum Gasteiger partial charge on any atom is 0.189 e. The van der Waals surface area contributed by atoms with E-state index in [4.69, 9.17) is 0 Å². The highest BCUT2D eigenvalue weighted by molar-refractivity contribution is 5.85.